The molecule has 1 fully saturated rings. The quantitative estimate of drug-likeness (QED) is 0.646. The Kier molecular flexibility index (Phi) is 4.92. The average molecular weight is 406 g/mol. The van der Waals surface area contributed by atoms with Gasteiger partial charge in [0.15, 0.2) is 11.5 Å². The van der Waals surface area contributed by atoms with Gasteiger partial charge in [0, 0.05) is 26.2 Å². The van der Waals surface area contributed by atoms with Crippen LogP contribution in [0.2, 0.25) is 0 Å². The molecule has 2 aliphatic rings. The van der Waals surface area contributed by atoms with E-state index >= 15 is 0 Å². The van der Waals surface area contributed by atoms with Crippen LogP contribution < -0.4 is 14.4 Å². The number of nitrogens with zero attached hydrogens (tertiary/aromatic N) is 6. The maximum Gasteiger partial charge on any atom is 0.250 e. The van der Waals surface area contributed by atoms with Gasteiger partial charge < -0.3 is 19.3 Å². The van der Waals surface area contributed by atoms with Gasteiger partial charge in [-0.2, -0.15) is 4.68 Å². The van der Waals surface area contributed by atoms with Crippen molar-refractivity contribution < 1.29 is 14.3 Å². The van der Waals surface area contributed by atoms with Gasteiger partial charge in [-0.15, -0.1) is 0 Å². The number of hydrogen-bond donors (Lipinski definition) is 0. The van der Waals surface area contributed by atoms with Gasteiger partial charge in [-0.1, -0.05) is 29.4 Å². The summed E-state index contributed by atoms with van der Waals surface area (Å²) in [5, 5.41) is 12.1. The maximum atomic E-state index is 12.8. The molecule has 30 heavy (non-hydrogen) atoms. The van der Waals surface area contributed by atoms with E-state index in [1.807, 2.05) is 53.4 Å². The van der Waals surface area contributed by atoms with E-state index in [4.69, 9.17) is 9.47 Å². The van der Waals surface area contributed by atoms with Crippen LogP contribution in [0.5, 0.6) is 11.5 Å². The minimum atomic E-state index is 0.106. The molecule has 0 atom stereocenters. The predicted molar refractivity (Wildman–Crippen MR) is 109 cm³/mol. The first-order valence-electron chi connectivity index (χ1n) is 10.0. The Balaban J connectivity index is 1.21. The number of aromatic nitrogens is 4. The number of piperazine rings is 1. The topological polar surface area (TPSA) is 85.6 Å². The number of amides is 1. The van der Waals surface area contributed by atoms with Crippen molar-refractivity contribution in [1.82, 2.24) is 25.1 Å². The molecule has 154 valence electrons. The Morgan fingerprint density at radius 1 is 0.933 bits per heavy atom. The average Bonchev–Trinajstić information content (AvgIpc) is 3.30. The van der Waals surface area contributed by atoms with Crippen LogP contribution in [0.15, 0.2) is 48.5 Å². The zero-order valence-electron chi connectivity index (χ0n) is 16.5. The predicted octanol–water partition coefficient (Wildman–Crippen LogP) is 1.32. The summed E-state index contributed by atoms with van der Waals surface area (Å²) in [6.45, 7) is 3.72. The van der Waals surface area contributed by atoms with Crippen molar-refractivity contribution >= 4 is 11.9 Å². The first-order valence-corrected chi connectivity index (χ1v) is 10.0. The minimum Gasteiger partial charge on any atom is -0.486 e. The summed E-state index contributed by atoms with van der Waals surface area (Å²) in [7, 11) is 0. The van der Waals surface area contributed by atoms with Gasteiger partial charge in [0.2, 0.25) is 11.9 Å². The summed E-state index contributed by atoms with van der Waals surface area (Å²) in [4.78, 5) is 16.8. The summed E-state index contributed by atoms with van der Waals surface area (Å²) in [5.41, 5.74) is 1.84. The lowest BCUT2D eigenvalue weighted by molar-refractivity contribution is -0.130. The molecule has 0 unspecified atom stereocenters. The second-order valence-corrected chi connectivity index (χ2v) is 7.25. The fraction of sp³-hybridized carbons (Fsp3) is 0.333. The summed E-state index contributed by atoms with van der Waals surface area (Å²) in [6.07, 6.45) is 0.346. The van der Waals surface area contributed by atoms with E-state index in [0.717, 1.165) is 17.0 Å². The van der Waals surface area contributed by atoms with Crippen molar-refractivity contribution in [3.05, 3.63) is 54.1 Å². The smallest absolute Gasteiger partial charge is 0.250 e. The Hall–Kier alpha value is -3.62. The molecule has 0 spiro atoms. The van der Waals surface area contributed by atoms with Crippen LogP contribution in [0.25, 0.3) is 5.69 Å². The van der Waals surface area contributed by atoms with Crippen LogP contribution in [0.3, 0.4) is 0 Å². The number of anilines is 1. The summed E-state index contributed by atoms with van der Waals surface area (Å²) >= 11 is 0. The van der Waals surface area contributed by atoms with Gasteiger partial charge in [0.05, 0.1) is 12.1 Å². The highest BCUT2D eigenvalue weighted by molar-refractivity contribution is 5.79. The van der Waals surface area contributed by atoms with Crippen LogP contribution in [0.4, 0.5) is 5.95 Å². The molecule has 5 rings (SSSR count). The van der Waals surface area contributed by atoms with Gasteiger partial charge in [-0.25, -0.2) is 0 Å². The molecular formula is C21H22N6O3. The largest absolute Gasteiger partial charge is 0.486 e. The van der Waals surface area contributed by atoms with Crippen molar-refractivity contribution in [2.24, 2.45) is 0 Å². The van der Waals surface area contributed by atoms with E-state index < -0.39 is 0 Å². The lowest BCUT2D eigenvalue weighted by atomic mass is 10.1. The Morgan fingerprint density at radius 2 is 1.70 bits per heavy atom. The van der Waals surface area contributed by atoms with Gasteiger partial charge in [-0.3, -0.25) is 4.79 Å². The molecule has 0 bridgehead atoms. The molecule has 1 amide bonds. The molecule has 2 aliphatic heterocycles. The molecule has 1 saturated heterocycles. The zero-order chi connectivity index (χ0) is 20.3. The third-order valence-corrected chi connectivity index (χ3v) is 5.33. The van der Waals surface area contributed by atoms with Crippen LogP contribution in [-0.2, 0) is 11.2 Å². The van der Waals surface area contributed by atoms with E-state index in [1.54, 1.807) is 4.68 Å². The highest BCUT2D eigenvalue weighted by Crippen LogP contribution is 2.31. The molecular weight excluding hydrogens is 384 g/mol. The van der Waals surface area contributed by atoms with Gasteiger partial charge >= 0.3 is 0 Å². The van der Waals surface area contributed by atoms with Crippen molar-refractivity contribution in [3.63, 3.8) is 0 Å². The Labute approximate surface area is 173 Å². The first-order chi connectivity index (χ1) is 14.8. The number of tetrazole rings is 1. The lowest BCUT2D eigenvalue weighted by Gasteiger charge is -2.35. The molecule has 0 saturated carbocycles. The highest BCUT2D eigenvalue weighted by atomic mass is 16.6. The molecule has 3 heterocycles. The molecule has 3 aromatic rings. The highest BCUT2D eigenvalue weighted by Gasteiger charge is 2.25. The first kappa shape index (κ1) is 18.4. The van der Waals surface area contributed by atoms with Crippen LogP contribution >= 0.6 is 0 Å². The minimum absolute atomic E-state index is 0.106. The molecule has 9 nitrogen and oxygen atoms in total. The van der Waals surface area contributed by atoms with Gasteiger partial charge in [0.25, 0.3) is 0 Å². The van der Waals surface area contributed by atoms with E-state index in [9.17, 15) is 4.79 Å². The Bertz CT molecular complexity index is 1030. The van der Waals surface area contributed by atoms with E-state index in [0.29, 0.717) is 57.5 Å². The lowest BCUT2D eigenvalue weighted by Crippen LogP contribution is -2.50. The number of fused-ring (bicyclic) bond motifs is 1. The van der Waals surface area contributed by atoms with Gasteiger partial charge in [-0.05, 0) is 40.3 Å². The number of carbonyl (C=O) groups is 1. The number of ether oxygens (including phenoxy) is 2. The number of para-hydroxylation sites is 1. The van der Waals surface area contributed by atoms with E-state index in [2.05, 4.69) is 20.4 Å². The molecule has 0 aliphatic carbocycles. The number of carbonyl (C=O) groups excluding carboxylic acids is 1. The van der Waals surface area contributed by atoms with Crippen molar-refractivity contribution in [1.29, 1.82) is 0 Å². The Morgan fingerprint density at radius 3 is 2.50 bits per heavy atom. The second kappa shape index (κ2) is 8.02. The van der Waals surface area contributed by atoms with E-state index in [1.165, 1.54) is 0 Å². The zero-order valence-corrected chi connectivity index (χ0v) is 16.5. The van der Waals surface area contributed by atoms with E-state index in [-0.39, 0.29) is 5.91 Å². The standard InChI is InChI=1S/C21H22N6O3/c28-20(15-16-6-7-18-19(14-16)30-13-12-29-18)25-8-10-26(11-9-25)21-22-23-24-27(21)17-4-2-1-3-5-17/h1-7,14H,8-13,15H2. The van der Waals surface area contributed by atoms with Crippen LogP contribution in [0, 0.1) is 0 Å². The summed E-state index contributed by atoms with van der Waals surface area (Å²) in [5.74, 6) is 2.25. The van der Waals surface area contributed by atoms with Crippen molar-refractivity contribution in [2.45, 2.75) is 6.42 Å². The van der Waals surface area contributed by atoms with Crippen molar-refractivity contribution in [2.75, 3.05) is 44.3 Å². The SMILES string of the molecule is O=C(Cc1ccc2c(c1)OCCO2)N1CCN(c2nnnn2-c2ccccc2)CC1. The molecule has 1 aromatic heterocycles. The van der Waals surface area contributed by atoms with Crippen molar-refractivity contribution in [3.8, 4) is 17.2 Å². The fourth-order valence-electron chi connectivity index (χ4n) is 3.76. The van der Waals surface area contributed by atoms with Gasteiger partial charge in [0.1, 0.15) is 13.2 Å². The number of benzene rings is 2. The fourth-order valence-corrected chi connectivity index (χ4v) is 3.76. The molecule has 9 heteroatoms. The third kappa shape index (κ3) is 3.66. The number of rotatable bonds is 4. The summed E-state index contributed by atoms with van der Waals surface area (Å²) < 4.78 is 12.9. The molecule has 2 aromatic carbocycles. The summed E-state index contributed by atoms with van der Waals surface area (Å²) in [6, 6.07) is 15.5. The molecule has 0 radical (unpaired) electrons. The monoisotopic (exact) mass is 406 g/mol. The number of hydrogen-bond acceptors (Lipinski definition) is 7. The van der Waals surface area contributed by atoms with Crippen LogP contribution in [-0.4, -0.2) is 70.4 Å². The third-order valence-electron chi connectivity index (χ3n) is 5.33. The maximum absolute atomic E-state index is 12.8. The normalized spacial score (nSPS) is 15.9. The molecule has 0 N–H and O–H groups in total. The van der Waals surface area contributed by atoms with Crippen LogP contribution in [0.1, 0.15) is 5.56 Å². The second-order valence-electron chi connectivity index (χ2n) is 7.25.